The molecule has 0 aromatic rings. The highest BCUT2D eigenvalue weighted by atomic mass is 16.4. The van der Waals surface area contributed by atoms with Crippen LogP contribution in [0.4, 0.5) is 0 Å². The maximum Gasteiger partial charge on any atom is 0.317 e. The average molecular weight is 458 g/mol. The number of amides is 2. The molecule has 0 radical (unpaired) electrons. The molecule has 3 N–H and O–H groups in total. The van der Waals surface area contributed by atoms with Crippen molar-refractivity contribution < 1.29 is 19.5 Å². The van der Waals surface area contributed by atoms with Crippen LogP contribution in [-0.2, 0) is 14.4 Å². The Kier molecular flexibility index (Phi) is 5.28. The van der Waals surface area contributed by atoms with Crippen molar-refractivity contribution in [2.75, 3.05) is 19.6 Å². The van der Waals surface area contributed by atoms with Crippen molar-refractivity contribution in [1.82, 2.24) is 15.5 Å². The van der Waals surface area contributed by atoms with E-state index in [1.54, 1.807) is 0 Å². The largest absolute Gasteiger partial charge is 0.480 e. The van der Waals surface area contributed by atoms with E-state index in [-0.39, 0.29) is 42.5 Å². The zero-order chi connectivity index (χ0) is 22.8. The smallest absolute Gasteiger partial charge is 0.317 e. The van der Waals surface area contributed by atoms with E-state index >= 15 is 0 Å². The summed E-state index contributed by atoms with van der Waals surface area (Å²) in [5.41, 5.74) is -0.190. The summed E-state index contributed by atoms with van der Waals surface area (Å²) >= 11 is 0. The van der Waals surface area contributed by atoms with E-state index in [0.717, 1.165) is 74.0 Å². The minimum absolute atomic E-state index is 0.0255. The summed E-state index contributed by atoms with van der Waals surface area (Å²) in [6, 6.07) is 0. The lowest BCUT2D eigenvalue weighted by molar-refractivity contribution is -0.139. The van der Waals surface area contributed by atoms with Crippen LogP contribution in [0.15, 0.2) is 0 Å². The fourth-order valence-corrected chi connectivity index (χ4v) is 9.96. The van der Waals surface area contributed by atoms with Gasteiger partial charge in [0.15, 0.2) is 0 Å². The molecule has 0 aromatic carbocycles. The Bertz CT molecular complexity index is 709. The van der Waals surface area contributed by atoms with Crippen molar-refractivity contribution in [3.05, 3.63) is 0 Å². The Morgan fingerprint density at radius 2 is 0.909 bits per heavy atom. The van der Waals surface area contributed by atoms with E-state index in [2.05, 4.69) is 10.6 Å². The average Bonchev–Trinajstić information content (AvgIpc) is 2.63. The summed E-state index contributed by atoms with van der Waals surface area (Å²) in [6.07, 6.45) is 14.3. The number of carboxylic acids is 1. The Balaban J connectivity index is 1.07. The summed E-state index contributed by atoms with van der Waals surface area (Å²) in [5, 5.41) is 16.1. The predicted molar refractivity (Wildman–Crippen MR) is 122 cm³/mol. The summed E-state index contributed by atoms with van der Waals surface area (Å²) < 4.78 is 0. The van der Waals surface area contributed by atoms with Crippen LogP contribution in [-0.4, -0.2) is 58.5 Å². The fourth-order valence-electron chi connectivity index (χ4n) is 9.96. The van der Waals surface area contributed by atoms with Gasteiger partial charge >= 0.3 is 5.97 Å². The molecule has 0 aliphatic heterocycles. The standard InChI is InChI=1S/C26H39N3O4/c30-22(27-25-7-16-1-17(8-25)3-18(2-16)9-25)13-29(15-24(32)33)14-23(31)28-26-10-19-4-20(11-26)6-21(5-19)12-26/h16-21H,1-15H2,(H,27,30)(H,28,31)(H,32,33). The van der Waals surface area contributed by atoms with E-state index in [9.17, 15) is 19.5 Å². The molecule has 8 bridgehead atoms. The summed E-state index contributed by atoms with van der Waals surface area (Å²) in [4.78, 5) is 39.1. The summed E-state index contributed by atoms with van der Waals surface area (Å²) in [5.74, 6) is 3.16. The lowest BCUT2D eigenvalue weighted by Crippen LogP contribution is -2.62. The molecule has 0 spiro atoms. The van der Waals surface area contributed by atoms with Crippen molar-refractivity contribution in [2.24, 2.45) is 35.5 Å². The highest BCUT2D eigenvalue weighted by Crippen LogP contribution is 2.56. The highest BCUT2D eigenvalue weighted by molar-refractivity contribution is 5.83. The third-order valence-electron chi connectivity index (χ3n) is 9.98. The molecule has 8 aliphatic rings. The third-order valence-corrected chi connectivity index (χ3v) is 9.98. The number of hydrogen-bond donors (Lipinski definition) is 3. The first-order valence-electron chi connectivity index (χ1n) is 13.3. The fraction of sp³-hybridized carbons (Fsp3) is 0.885. The van der Waals surface area contributed by atoms with E-state index in [4.69, 9.17) is 0 Å². The Hall–Kier alpha value is -1.63. The van der Waals surface area contributed by atoms with E-state index in [1.807, 2.05) is 0 Å². The lowest BCUT2D eigenvalue weighted by Gasteiger charge is -2.57. The quantitative estimate of drug-likeness (QED) is 0.520. The van der Waals surface area contributed by atoms with Gasteiger partial charge in [-0.25, -0.2) is 0 Å². The Labute approximate surface area is 196 Å². The topological polar surface area (TPSA) is 98.7 Å². The molecule has 33 heavy (non-hydrogen) atoms. The molecule has 0 heterocycles. The first kappa shape index (κ1) is 21.9. The van der Waals surface area contributed by atoms with Gasteiger partial charge in [0.25, 0.3) is 0 Å². The SMILES string of the molecule is O=C(O)CN(CC(=O)NC12CC3CC(CC(C3)C1)C2)CC(=O)NC12CC3CC(CC(C3)C1)C2. The molecule has 8 aliphatic carbocycles. The molecule has 182 valence electrons. The molecular formula is C26H39N3O4. The third kappa shape index (κ3) is 4.42. The molecule has 7 nitrogen and oxygen atoms in total. The monoisotopic (exact) mass is 457 g/mol. The van der Waals surface area contributed by atoms with Gasteiger partial charge in [-0.3, -0.25) is 19.3 Å². The Morgan fingerprint density at radius 1 is 0.606 bits per heavy atom. The van der Waals surface area contributed by atoms with Gasteiger partial charge in [-0.2, -0.15) is 0 Å². The van der Waals surface area contributed by atoms with Gasteiger partial charge in [-0.1, -0.05) is 0 Å². The molecule has 0 atom stereocenters. The highest BCUT2D eigenvalue weighted by Gasteiger charge is 2.52. The number of nitrogens with one attached hydrogen (secondary N) is 2. The van der Waals surface area contributed by atoms with Gasteiger partial charge in [0, 0.05) is 11.1 Å². The molecule has 8 fully saturated rings. The van der Waals surface area contributed by atoms with Crippen LogP contribution < -0.4 is 10.6 Å². The molecule has 8 rings (SSSR count). The second-order valence-corrected chi connectivity index (χ2v) is 13.0. The molecule has 2 amide bonds. The van der Waals surface area contributed by atoms with Gasteiger partial charge in [-0.15, -0.1) is 0 Å². The number of carboxylic acid groups (broad SMARTS) is 1. The van der Waals surface area contributed by atoms with Crippen LogP contribution in [0.1, 0.15) is 77.0 Å². The minimum atomic E-state index is -1.000. The van der Waals surface area contributed by atoms with Gasteiger partial charge in [0.1, 0.15) is 0 Å². The van der Waals surface area contributed by atoms with Crippen molar-refractivity contribution in [3.8, 4) is 0 Å². The van der Waals surface area contributed by atoms with E-state index in [1.165, 1.54) is 43.4 Å². The second-order valence-electron chi connectivity index (χ2n) is 13.0. The summed E-state index contributed by atoms with van der Waals surface area (Å²) in [7, 11) is 0. The molecule has 0 aromatic heterocycles. The predicted octanol–water partition coefficient (Wildman–Crippen LogP) is 2.54. The number of hydrogen-bond acceptors (Lipinski definition) is 4. The number of carbonyl (C=O) groups is 3. The van der Waals surface area contributed by atoms with Crippen LogP contribution in [0.25, 0.3) is 0 Å². The van der Waals surface area contributed by atoms with Crippen molar-refractivity contribution >= 4 is 17.8 Å². The maximum absolute atomic E-state index is 13.0. The number of nitrogens with zero attached hydrogens (tertiary/aromatic N) is 1. The van der Waals surface area contributed by atoms with Gasteiger partial charge in [0.05, 0.1) is 19.6 Å². The summed E-state index contributed by atoms with van der Waals surface area (Å²) in [6.45, 7) is -0.340. The molecule has 0 unspecified atom stereocenters. The number of aliphatic carboxylic acids is 1. The second kappa shape index (κ2) is 7.96. The number of carbonyl (C=O) groups excluding carboxylic acids is 2. The normalized spacial score (nSPS) is 44.3. The molecule has 7 heteroatoms. The Morgan fingerprint density at radius 3 is 1.18 bits per heavy atom. The lowest BCUT2D eigenvalue weighted by atomic mass is 9.53. The zero-order valence-corrected chi connectivity index (χ0v) is 19.7. The first-order valence-corrected chi connectivity index (χ1v) is 13.3. The van der Waals surface area contributed by atoms with Crippen LogP contribution in [0.2, 0.25) is 0 Å². The van der Waals surface area contributed by atoms with Crippen LogP contribution in [0, 0.1) is 35.5 Å². The van der Waals surface area contributed by atoms with Crippen LogP contribution in [0.5, 0.6) is 0 Å². The first-order chi connectivity index (χ1) is 15.8. The van der Waals surface area contributed by atoms with Crippen LogP contribution >= 0.6 is 0 Å². The van der Waals surface area contributed by atoms with Crippen LogP contribution in [0.3, 0.4) is 0 Å². The zero-order valence-electron chi connectivity index (χ0n) is 19.7. The van der Waals surface area contributed by atoms with Gasteiger partial charge in [0.2, 0.25) is 11.8 Å². The number of rotatable bonds is 8. The molecule has 0 saturated heterocycles. The molecule has 8 saturated carbocycles. The minimum Gasteiger partial charge on any atom is -0.480 e. The van der Waals surface area contributed by atoms with Gasteiger partial charge < -0.3 is 15.7 Å². The van der Waals surface area contributed by atoms with E-state index < -0.39 is 5.97 Å². The van der Waals surface area contributed by atoms with Crippen molar-refractivity contribution in [1.29, 1.82) is 0 Å². The van der Waals surface area contributed by atoms with Crippen molar-refractivity contribution in [2.45, 2.75) is 88.1 Å². The maximum atomic E-state index is 13.0. The molecular weight excluding hydrogens is 418 g/mol. The van der Waals surface area contributed by atoms with Crippen molar-refractivity contribution in [3.63, 3.8) is 0 Å². The van der Waals surface area contributed by atoms with E-state index in [0.29, 0.717) is 0 Å². The van der Waals surface area contributed by atoms with Gasteiger partial charge in [-0.05, 0) is 113 Å².